The van der Waals surface area contributed by atoms with E-state index in [2.05, 4.69) is 0 Å². The van der Waals surface area contributed by atoms with Gasteiger partial charge in [-0.3, -0.25) is 0 Å². The highest BCUT2D eigenvalue weighted by Crippen LogP contribution is 2.36. The van der Waals surface area contributed by atoms with Crippen LogP contribution in [-0.2, 0) is 19.1 Å². The molecule has 1 aliphatic heterocycles. The Morgan fingerprint density at radius 1 is 1.09 bits per heavy atom. The van der Waals surface area contributed by atoms with Crippen LogP contribution >= 0.6 is 0 Å². The maximum atomic E-state index is 13.5. The number of benzene rings is 1. The normalized spacial score (nSPS) is 15.0. The van der Waals surface area contributed by atoms with E-state index in [0.29, 0.717) is 5.56 Å². The van der Waals surface area contributed by atoms with Gasteiger partial charge in [0.2, 0.25) is 0 Å². The Morgan fingerprint density at radius 3 is 2.09 bits per heavy atom. The SMILES string of the molecule is COC(=O)C1=CN(C)C=C(C(=O)OC)C1c1cccc(F)c1. The van der Waals surface area contributed by atoms with Crippen molar-refractivity contribution >= 4 is 11.9 Å². The molecular formula is C16H16FNO4. The molecule has 116 valence electrons. The molecule has 1 aromatic rings. The number of hydrogen-bond acceptors (Lipinski definition) is 5. The summed E-state index contributed by atoms with van der Waals surface area (Å²) in [6.45, 7) is 0. The van der Waals surface area contributed by atoms with E-state index in [1.165, 1.54) is 32.4 Å². The van der Waals surface area contributed by atoms with E-state index in [0.717, 1.165) is 0 Å². The molecule has 1 heterocycles. The lowest BCUT2D eigenvalue weighted by Crippen LogP contribution is -2.27. The first kappa shape index (κ1) is 15.8. The smallest absolute Gasteiger partial charge is 0.336 e. The molecule has 0 saturated heterocycles. The molecule has 0 atom stereocenters. The molecule has 6 heteroatoms. The Kier molecular flexibility index (Phi) is 4.60. The van der Waals surface area contributed by atoms with E-state index >= 15 is 0 Å². The van der Waals surface area contributed by atoms with Crippen LogP contribution in [0.1, 0.15) is 11.5 Å². The van der Waals surface area contributed by atoms with Crippen molar-refractivity contribution < 1.29 is 23.5 Å². The summed E-state index contributed by atoms with van der Waals surface area (Å²) in [6, 6.07) is 5.74. The molecular weight excluding hydrogens is 289 g/mol. The van der Waals surface area contributed by atoms with Crippen molar-refractivity contribution in [1.29, 1.82) is 0 Å². The lowest BCUT2D eigenvalue weighted by Gasteiger charge is -2.28. The van der Waals surface area contributed by atoms with Gasteiger partial charge in [-0.2, -0.15) is 0 Å². The van der Waals surface area contributed by atoms with Crippen molar-refractivity contribution in [2.45, 2.75) is 5.92 Å². The third-order valence-electron chi connectivity index (χ3n) is 3.33. The maximum absolute atomic E-state index is 13.5. The van der Waals surface area contributed by atoms with Gasteiger partial charge in [0.1, 0.15) is 5.82 Å². The standard InChI is InChI=1S/C16H16FNO4/c1-18-8-12(15(19)21-2)14(13(9-18)16(20)22-3)10-5-4-6-11(17)7-10/h4-9,14H,1-3H3. The number of nitrogens with zero attached hydrogens (tertiary/aromatic N) is 1. The Bertz CT molecular complexity index is 632. The minimum Gasteiger partial charge on any atom is -0.466 e. The molecule has 1 aliphatic rings. The van der Waals surface area contributed by atoms with Gasteiger partial charge >= 0.3 is 11.9 Å². The third kappa shape index (κ3) is 3.00. The molecule has 0 amide bonds. The molecule has 0 saturated carbocycles. The van der Waals surface area contributed by atoms with Gasteiger partial charge in [0.15, 0.2) is 0 Å². The van der Waals surface area contributed by atoms with Crippen LogP contribution in [0, 0.1) is 5.82 Å². The topological polar surface area (TPSA) is 55.8 Å². The molecule has 5 nitrogen and oxygen atoms in total. The van der Waals surface area contributed by atoms with E-state index in [4.69, 9.17) is 9.47 Å². The van der Waals surface area contributed by atoms with E-state index in [9.17, 15) is 14.0 Å². The number of halogens is 1. The van der Waals surface area contributed by atoms with Gasteiger partial charge in [0.25, 0.3) is 0 Å². The van der Waals surface area contributed by atoms with Crippen LogP contribution in [0.4, 0.5) is 4.39 Å². The van der Waals surface area contributed by atoms with Crippen LogP contribution < -0.4 is 0 Å². The highest BCUT2D eigenvalue weighted by Gasteiger charge is 2.34. The zero-order valence-electron chi connectivity index (χ0n) is 12.5. The first-order valence-electron chi connectivity index (χ1n) is 6.55. The minimum atomic E-state index is -0.744. The number of rotatable bonds is 3. The van der Waals surface area contributed by atoms with E-state index in [1.807, 2.05) is 0 Å². The van der Waals surface area contributed by atoms with Crippen molar-refractivity contribution in [3.05, 3.63) is 59.2 Å². The molecule has 0 radical (unpaired) electrons. The molecule has 0 spiro atoms. The summed E-state index contributed by atoms with van der Waals surface area (Å²) in [5, 5.41) is 0. The van der Waals surface area contributed by atoms with Crippen molar-refractivity contribution in [2.75, 3.05) is 21.3 Å². The van der Waals surface area contributed by atoms with Gasteiger partial charge in [-0.15, -0.1) is 0 Å². The van der Waals surface area contributed by atoms with Crippen molar-refractivity contribution in [3.63, 3.8) is 0 Å². The zero-order valence-corrected chi connectivity index (χ0v) is 12.5. The fraction of sp³-hybridized carbons (Fsp3) is 0.250. The van der Waals surface area contributed by atoms with Crippen LogP contribution in [0.2, 0.25) is 0 Å². The highest BCUT2D eigenvalue weighted by molar-refractivity contribution is 5.98. The second kappa shape index (κ2) is 6.43. The maximum Gasteiger partial charge on any atom is 0.336 e. The molecule has 0 bridgehead atoms. The van der Waals surface area contributed by atoms with E-state index in [1.54, 1.807) is 30.4 Å². The van der Waals surface area contributed by atoms with Crippen LogP contribution in [0.3, 0.4) is 0 Å². The summed E-state index contributed by atoms with van der Waals surface area (Å²) in [5.41, 5.74) is 0.943. The molecule has 0 N–H and O–H groups in total. The summed E-state index contributed by atoms with van der Waals surface area (Å²) in [6.07, 6.45) is 3.10. The molecule has 22 heavy (non-hydrogen) atoms. The second-order valence-electron chi connectivity index (χ2n) is 4.81. The van der Waals surface area contributed by atoms with Gasteiger partial charge in [0.05, 0.1) is 31.3 Å². The average molecular weight is 305 g/mol. The minimum absolute atomic E-state index is 0.235. The number of hydrogen-bond donors (Lipinski definition) is 0. The number of ether oxygens (including phenoxy) is 2. The molecule has 1 aromatic carbocycles. The van der Waals surface area contributed by atoms with Crippen molar-refractivity contribution in [2.24, 2.45) is 0 Å². The summed E-state index contributed by atoms with van der Waals surface area (Å²) in [7, 11) is 4.18. The first-order valence-corrected chi connectivity index (χ1v) is 6.55. The Hall–Kier alpha value is -2.63. The van der Waals surface area contributed by atoms with E-state index < -0.39 is 23.7 Å². The number of esters is 2. The zero-order chi connectivity index (χ0) is 16.3. The van der Waals surface area contributed by atoms with Crippen LogP contribution in [0.5, 0.6) is 0 Å². The fourth-order valence-corrected chi connectivity index (χ4v) is 2.41. The number of carbonyl (C=O) groups excluding carboxylic acids is 2. The summed E-state index contributed by atoms with van der Waals surface area (Å²) >= 11 is 0. The molecule has 0 aliphatic carbocycles. The van der Waals surface area contributed by atoms with Gasteiger partial charge in [-0.05, 0) is 17.7 Å². The Morgan fingerprint density at radius 2 is 1.64 bits per heavy atom. The lowest BCUT2D eigenvalue weighted by atomic mass is 9.83. The van der Waals surface area contributed by atoms with Gasteiger partial charge in [-0.1, -0.05) is 12.1 Å². The number of carbonyl (C=O) groups is 2. The monoisotopic (exact) mass is 305 g/mol. The van der Waals surface area contributed by atoms with Gasteiger partial charge in [-0.25, -0.2) is 14.0 Å². The summed E-state index contributed by atoms with van der Waals surface area (Å²) in [5.74, 6) is -2.37. The molecule has 2 rings (SSSR count). The van der Waals surface area contributed by atoms with Crippen molar-refractivity contribution in [3.8, 4) is 0 Å². The second-order valence-corrected chi connectivity index (χ2v) is 4.81. The molecule has 0 unspecified atom stereocenters. The predicted molar refractivity (Wildman–Crippen MR) is 77.1 cm³/mol. The Balaban J connectivity index is 2.58. The van der Waals surface area contributed by atoms with Crippen molar-refractivity contribution in [1.82, 2.24) is 4.90 Å². The van der Waals surface area contributed by atoms with Crippen LogP contribution in [0.25, 0.3) is 0 Å². The van der Waals surface area contributed by atoms with E-state index in [-0.39, 0.29) is 11.1 Å². The van der Waals surface area contributed by atoms with Gasteiger partial charge < -0.3 is 14.4 Å². The molecule has 0 fully saturated rings. The quantitative estimate of drug-likeness (QED) is 0.799. The van der Waals surface area contributed by atoms with Crippen LogP contribution in [-0.4, -0.2) is 38.1 Å². The average Bonchev–Trinajstić information content (AvgIpc) is 2.52. The summed E-state index contributed by atoms with van der Waals surface area (Å²) < 4.78 is 23.1. The largest absolute Gasteiger partial charge is 0.466 e. The lowest BCUT2D eigenvalue weighted by molar-refractivity contribution is -0.137. The highest BCUT2D eigenvalue weighted by atomic mass is 19.1. The van der Waals surface area contributed by atoms with Gasteiger partial charge in [0, 0.05) is 19.4 Å². The third-order valence-corrected chi connectivity index (χ3v) is 3.33. The Labute approximate surface area is 127 Å². The fourth-order valence-electron chi connectivity index (χ4n) is 2.41. The van der Waals surface area contributed by atoms with Crippen LogP contribution in [0.15, 0.2) is 47.8 Å². The summed E-state index contributed by atoms with van der Waals surface area (Å²) in [4.78, 5) is 25.7. The first-order chi connectivity index (χ1) is 10.5. The number of methoxy groups -OCH3 is 2. The predicted octanol–water partition coefficient (Wildman–Crippen LogP) is 1.97. The molecule has 0 aromatic heterocycles.